The first-order valence-electron chi connectivity index (χ1n) is 10.8. The third-order valence-electron chi connectivity index (χ3n) is 5.27. The predicted molar refractivity (Wildman–Crippen MR) is 128 cm³/mol. The van der Waals surface area contributed by atoms with E-state index in [9.17, 15) is 23.9 Å². The number of carbonyl (C=O) groups is 3. The Labute approximate surface area is 205 Å². The fraction of sp³-hybridized carbons (Fsp3) is 0.208. The highest BCUT2D eigenvalue weighted by molar-refractivity contribution is 6.11. The SMILES string of the molecule is COc1ccc(O)c(C(=O)c2ccc(C(N)=O)cc2)c1F.Nc1nccc(C(=O)N[C@H]2CCNC2)n1. The smallest absolute Gasteiger partial charge is 0.270 e. The summed E-state index contributed by atoms with van der Waals surface area (Å²) in [6, 6.07) is 9.50. The van der Waals surface area contributed by atoms with Crippen molar-refractivity contribution in [3.05, 3.63) is 76.9 Å². The summed E-state index contributed by atoms with van der Waals surface area (Å²) in [7, 11) is 1.26. The van der Waals surface area contributed by atoms with Crippen LogP contribution in [0.15, 0.2) is 48.7 Å². The van der Waals surface area contributed by atoms with Crippen molar-refractivity contribution in [2.24, 2.45) is 5.73 Å². The molecule has 36 heavy (non-hydrogen) atoms. The van der Waals surface area contributed by atoms with Crippen LogP contribution in [-0.2, 0) is 0 Å². The maximum absolute atomic E-state index is 14.1. The third kappa shape index (κ3) is 6.30. The Morgan fingerprint density at radius 3 is 2.42 bits per heavy atom. The van der Waals surface area contributed by atoms with E-state index >= 15 is 0 Å². The molecule has 0 spiro atoms. The van der Waals surface area contributed by atoms with Gasteiger partial charge in [0.2, 0.25) is 11.9 Å². The Balaban J connectivity index is 0.000000212. The zero-order valence-corrected chi connectivity index (χ0v) is 19.3. The molecule has 2 amide bonds. The number of aromatic hydroxyl groups is 1. The van der Waals surface area contributed by atoms with Gasteiger partial charge in [-0.2, -0.15) is 0 Å². The highest BCUT2D eigenvalue weighted by Gasteiger charge is 2.22. The number of aromatic nitrogens is 2. The molecule has 11 nitrogen and oxygen atoms in total. The van der Waals surface area contributed by atoms with Crippen molar-refractivity contribution < 1.29 is 28.6 Å². The van der Waals surface area contributed by atoms with E-state index in [-0.39, 0.29) is 34.8 Å². The minimum absolute atomic E-state index is 0.113. The molecule has 2 aromatic carbocycles. The number of nitrogens with zero attached hydrogens (tertiary/aromatic N) is 2. The van der Waals surface area contributed by atoms with Crippen LogP contribution in [0.2, 0.25) is 0 Å². The van der Waals surface area contributed by atoms with Gasteiger partial charge in [0.15, 0.2) is 17.3 Å². The second-order valence-electron chi connectivity index (χ2n) is 7.71. The van der Waals surface area contributed by atoms with Crippen molar-refractivity contribution in [1.82, 2.24) is 20.6 Å². The fourth-order valence-corrected chi connectivity index (χ4v) is 3.39. The second kappa shape index (κ2) is 11.7. The molecule has 3 aromatic rings. The Kier molecular flexibility index (Phi) is 8.47. The van der Waals surface area contributed by atoms with Crippen LogP contribution >= 0.6 is 0 Å². The van der Waals surface area contributed by atoms with E-state index in [2.05, 4.69) is 20.6 Å². The molecule has 188 valence electrons. The summed E-state index contributed by atoms with van der Waals surface area (Å²) in [6.45, 7) is 1.75. The van der Waals surface area contributed by atoms with E-state index in [1.165, 1.54) is 49.7 Å². The number of phenolic OH excluding ortho intramolecular Hbond substituents is 1. The number of ketones is 1. The predicted octanol–water partition coefficient (Wildman–Crippen LogP) is 1.02. The molecule has 0 bridgehead atoms. The minimum Gasteiger partial charge on any atom is -0.507 e. The summed E-state index contributed by atoms with van der Waals surface area (Å²) in [5, 5.41) is 15.7. The van der Waals surface area contributed by atoms with Crippen LogP contribution in [0.3, 0.4) is 0 Å². The average molecular weight is 496 g/mol. The summed E-state index contributed by atoms with van der Waals surface area (Å²) in [5.41, 5.74) is 10.7. The van der Waals surface area contributed by atoms with Gasteiger partial charge in [0.25, 0.3) is 5.91 Å². The Bertz CT molecular complexity index is 1260. The molecule has 4 rings (SSSR count). The maximum atomic E-state index is 14.1. The number of benzene rings is 2. The Morgan fingerprint density at radius 1 is 1.14 bits per heavy atom. The number of hydrogen-bond donors (Lipinski definition) is 5. The summed E-state index contributed by atoms with van der Waals surface area (Å²) in [4.78, 5) is 42.5. The van der Waals surface area contributed by atoms with E-state index in [1.54, 1.807) is 6.07 Å². The third-order valence-corrected chi connectivity index (χ3v) is 5.27. The van der Waals surface area contributed by atoms with Crippen LogP contribution in [0.5, 0.6) is 11.5 Å². The van der Waals surface area contributed by atoms with Gasteiger partial charge in [0.05, 0.1) is 7.11 Å². The molecular weight excluding hydrogens is 471 g/mol. The Morgan fingerprint density at radius 2 is 1.83 bits per heavy atom. The monoisotopic (exact) mass is 496 g/mol. The molecule has 1 aromatic heterocycles. The van der Waals surface area contributed by atoms with Crippen molar-refractivity contribution in [1.29, 1.82) is 0 Å². The lowest BCUT2D eigenvalue weighted by Gasteiger charge is -2.10. The van der Waals surface area contributed by atoms with E-state index in [1.807, 2.05) is 0 Å². The van der Waals surface area contributed by atoms with Crippen LogP contribution in [0.1, 0.15) is 43.2 Å². The van der Waals surface area contributed by atoms with Crippen LogP contribution < -0.4 is 26.8 Å². The molecule has 1 atom stereocenters. The molecule has 1 aliphatic rings. The fourth-order valence-electron chi connectivity index (χ4n) is 3.39. The van der Waals surface area contributed by atoms with E-state index in [4.69, 9.17) is 16.2 Å². The molecule has 0 unspecified atom stereocenters. The van der Waals surface area contributed by atoms with Gasteiger partial charge in [-0.1, -0.05) is 12.1 Å². The maximum Gasteiger partial charge on any atom is 0.270 e. The first-order valence-corrected chi connectivity index (χ1v) is 10.8. The van der Waals surface area contributed by atoms with Crippen molar-refractivity contribution in [2.75, 3.05) is 25.9 Å². The van der Waals surface area contributed by atoms with Gasteiger partial charge >= 0.3 is 0 Å². The molecular formula is C24H25FN6O5. The largest absolute Gasteiger partial charge is 0.507 e. The zero-order chi connectivity index (χ0) is 26.2. The van der Waals surface area contributed by atoms with Crippen molar-refractivity contribution in [2.45, 2.75) is 12.5 Å². The number of halogens is 1. The van der Waals surface area contributed by atoms with E-state index in [0.29, 0.717) is 5.69 Å². The number of amides is 2. The number of hydrogen-bond acceptors (Lipinski definition) is 9. The number of phenols is 1. The van der Waals surface area contributed by atoms with Crippen LogP contribution in [0.4, 0.5) is 10.3 Å². The lowest BCUT2D eigenvalue weighted by Crippen LogP contribution is -2.36. The summed E-state index contributed by atoms with van der Waals surface area (Å²) in [5.74, 6) is -3.02. The molecule has 12 heteroatoms. The average Bonchev–Trinajstić information content (AvgIpc) is 3.37. The molecule has 7 N–H and O–H groups in total. The second-order valence-corrected chi connectivity index (χ2v) is 7.71. The number of anilines is 1. The number of ether oxygens (including phenoxy) is 1. The Hall–Kier alpha value is -4.58. The van der Waals surface area contributed by atoms with Gasteiger partial charge in [0.1, 0.15) is 17.0 Å². The van der Waals surface area contributed by atoms with Crippen molar-refractivity contribution in [3.8, 4) is 11.5 Å². The molecule has 0 radical (unpaired) electrons. The zero-order valence-electron chi connectivity index (χ0n) is 19.3. The molecule has 1 aliphatic heterocycles. The van der Waals surface area contributed by atoms with Crippen LogP contribution in [-0.4, -0.2) is 58.9 Å². The summed E-state index contributed by atoms with van der Waals surface area (Å²) in [6.07, 6.45) is 2.43. The quantitative estimate of drug-likeness (QED) is 0.311. The van der Waals surface area contributed by atoms with Crippen molar-refractivity contribution in [3.63, 3.8) is 0 Å². The van der Waals surface area contributed by atoms with E-state index in [0.717, 1.165) is 19.5 Å². The standard InChI is InChI=1S/C15H12FNO4.C9H13N5O/c1-21-11-7-6-10(18)12(13(11)16)14(19)8-2-4-9(5-3-8)15(17)20;10-9-12-4-2-7(14-9)8(15)13-6-1-3-11-5-6/h2-7,18H,1H3,(H2,17,20);2,4,6,11H,1,3,5H2,(H,13,15)(H2,10,12,14)/t;6-/m.0/s1. The molecule has 2 heterocycles. The number of rotatable bonds is 6. The number of carbonyl (C=O) groups excluding carboxylic acids is 3. The normalized spacial score (nSPS) is 14.3. The summed E-state index contributed by atoms with van der Waals surface area (Å²) >= 11 is 0. The number of nitrogens with one attached hydrogen (secondary N) is 2. The highest BCUT2D eigenvalue weighted by atomic mass is 19.1. The number of nitrogens with two attached hydrogens (primary N) is 2. The lowest BCUT2D eigenvalue weighted by atomic mass is 10.00. The van der Waals surface area contributed by atoms with Gasteiger partial charge in [-0.05, 0) is 43.3 Å². The van der Waals surface area contributed by atoms with Crippen LogP contribution in [0, 0.1) is 5.82 Å². The van der Waals surface area contributed by atoms with Gasteiger partial charge in [0, 0.05) is 29.9 Å². The van der Waals surface area contributed by atoms with Gasteiger partial charge in [-0.25, -0.2) is 14.4 Å². The number of methoxy groups -OCH3 is 1. The van der Waals surface area contributed by atoms with Crippen molar-refractivity contribution >= 4 is 23.5 Å². The number of nitrogen functional groups attached to an aromatic ring is 1. The molecule has 0 saturated carbocycles. The topological polar surface area (TPSA) is 183 Å². The van der Waals surface area contributed by atoms with E-state index < -0.39 is 28.8 Å². The van der Waals surface area contributed by atoms with Gasteiger partial charge < -0.3 is 31.9 Å². The summed E-state index contributed by atoms with van der Waals surface area (Å²) < 4.78 is 18.9. The molecule has 1 fully saturated rings. The first-order chi connectivity index (χ1) is 17.2. The number of primary amides is 1. The van der Waals surface area contributed by atoms with Gasteiger partial charge in [-0.15, -0.1) is 0 Å². The molecule has 1 saturated heterocycles. The van der Waals surface area contributed by atoms with Gasteiger partial charge in [-0.3, -0.25) is 14.4 Å². The lowest BCUT2D eigenvalue weighted by molar-refractivity contribution is 0.0933. The molecule has 0 aliphatic carbocycles. The minimum atomic E-state index is -0.943. The first kappa shape index (κ1) is 26.0. The highest BCUT2D eigenvalue weighted by Crippen LogP contribution is 2.30. The van der Waals surface area contributed by atoms with Crippen LogP contribution in [0.25, 0.3) is 0 Å².